The molecule has 52 heavy (non-hydrogen) atoms. The Kier molecular flexibility index (Phi) is 12.1. The Balaban J connectivity index is 1.56. The third kappa shape index (κ3) is 8.18. The molecule has 1 aromatic heterocycles. The number of benzene rings is 3. The molecule has 3 aromatic carbocycles. The maximum Gasteiger partial charge on any atom is 0.343 e. The molecule has 16 heteroatoms. The number of nitrogens with zero attached hydrogens (tertiary/aromatic N) is 3. The highest BCUT2D eigenvalue weighted by Crippen LogP contribution is 2.37. The second kappa shape index (κ2) is 16.7. The van der Waals surface area contributed by atoms with Crippen molar-refractivity contribution >= 4 is 51.0 Å². The third-order valence-corrected chi connectivity index (χ3v) is 9.45. The van der Waals surface area contributed by atoms with E-state index in [1.165, 1.54) is 30.9 Å². The predicted molar refractivity (Wildman–Crippen MR) is 194 cm³/mol. The van der Waals surface area contributed by atoms with Crippen LogP contribution in [-0.4, -0.2) is 55.5 Å². The van der Waals surface area contributed by atoms with Crippen LogP contribution in [0.25, 0.3) is 6.08 Å². The van der Waals surface area contributed by atoms with Crippen molar-refractivity contribution in [3.05, 3.63) is 117 Å². The van der Waals surface area contributed by atoms with Gasteiger partial charge in [0.2, 0.25) is 0 Å². The first-order chi connectivity index (χ1) is 25.0. The Morgan fingerprint density at radius 3 is 2.37 bits per heavy atom. The fraction of sp³-hybridized carbons (Fsp3) is 0.278. The molecule has 14 nitrogen and oxygen atoms in total. The van der Waals surface area contributed by atoms with Crippen LogP contribution in [0.4, 0.5) is 5.69 Å². The number of allylic oxidation sites excluding steroid dienone is 1. The van der Waals surface area contributed by atoms with Gasteiger partial charge in [-0.3, -0.25) is 19.5 Å². The molecule has 0 saturated carbocycles. The maximum atomic E-state index is 14.3. The summed E-state index contributed by atoms with van der Waals surface area (Å²) in [5, 5.41) is 11.0. The summed E-state index contributed by atoms with van der Waals surface area (Å²) in [6, 6.07) is 13.5. The molecule has 1 aliphatic rings. The van der Waals surface area contributed by atoms with Crippen molar-refractivity contribution in [3.63, 3.8) is 0 Å². The monoisotopic (exact) mass is 795 g/mol. The van der Waals surface area contributed by atoms with Gasteiger partial charge in [0.25, 0.3) is 11.2 Å². The molecule has 1 aliphatic heterocycles. The number of methoxy groups -OCH3 is 2. The van der Waals surface area contributed by atoms with Gasteiger partial charge in [-0.15, -0.1) is 0 Å². The topological polar surface area (TPSA) is 167 Å². The second-order valence-corrected chi connectivity index (χ2v) is 12.9. The SMILES string of the molecule is CCOC(=O)C1=C(C)N=c2s/c(=C\c3cc(OC)c(OCc4ccc([N+](=O)[O-])cc4)cc3Br)c(=O)n2[C@@H]1c1ccc(OCC(=O)OC)c(OCC)c1. The number of thiazole rings is 1. The molecule has 4 aromatic rings. The van der Waals surface area contributed by atoms with Gasteiger partial charge < -0.3 is 28.4 Å². The summed E-state index contributed by atoms with van der Waals surface area (Å²) >= 11 is 4.73. The highest BCUT2D eigenvalue weighted by Gasteiger charge is 2.34. The maximum absolute atomic E-state index is 14.3. The summed E-state index contributed by atoms with van der Waals surface area (Å²) in [7, 11) is 2.74. The van der Waals surface area contributed by atoms with Gasteiger partial charge in [0, 0.05) is 16.6 Å². The highest BCUT2D eigenvalue weighted by atomic mass is 79.9. The zero-order chi connectivity index (χ0) is 37.5. The van der Waals surface area contributed by atoms with Crippen LogP contribution >= 0.6 is 27.3 Å². The fourth-order valence-corrected chi connectivity index (χ4v) is 6.81. The minimum atomic E-state index is -0.931. The number of ether oxygens (including phenoxy) is 6. The quantitative estimate of drug-likeness (QED) is 0.0957. The van der Waals surface area contributed by atoms with Crippen LogP contribution in [0.3, 0.4) is 0 Å². The number of esters is 2. The van der Waals surface area contributed by atoms with Crippen molar-refractivity contribution in [2.75, 3.05) is 34.0 Å². The number of carbonyl (C=O) groups is 2. The van der Waals surface area contributed by atoms with Crippen LogP contribution in [0.5, 0.6) is 23.0 Å². The van der Waals surface area contributed by atoms with Crippen LogP contribution < -0.4 is 33.8 Å². The van der Waals surface area contributed by atoms with Crippen LogP contribution in [0.15, 0.2) is 80.1 Å². The summed E-state index contributed by atoms with van der Waals surface area (Å²) in [4.78, 5) is 54.9. The van der Waals surface area contributed by atoms with Crippen molar-refractivity contribution in [1.29, 1.82) is 0 Å². The lowest BCUT2D eigenvalue weighted by atomic mass is 9.95. The van der Waals surface area contributed by atoms with Gasteiger partial charge in [-0.25, -0.2) is 14.6 Å². The number of non-ortho nitro benzene ring substituents is 1. The summed E-state index contributed by atoms with van der Waals surface area (Å²) in [6.07, 6.45) is 1.69. The van der Waals surface area contributed by atoms with E-state index >= 15 is 0 Å². The summed E-state index contributed by atoms with van der Waals surface area (Å²) < 4.78 is 35.5. The van der Waals surface area contributed by atoms with Gasteiger partial charge in [-0.2, -0.15) is 0 Å². The predicted octanol–water partition coefficient (Wildman–Crippen LogP) is 5.01. The largest absolute Gasteiger partial charge is 0.493 e. The zero-order valence-corrected chi connectivity index (χ0v) is 31.2. The van der Waals surface area contributed by atoms with Crippen molar-refractivity contribution in [1.82, 2.24) is 4.57 Å². The molecule has 0 unspecified atom stereocenters. The first-order valence-electron chi connectivity index (χ1n) is 15.9. The van der Waals surface area contributed by atoms with Crippen LogP contribution in [0.1, 0.15) is 43.5 Å². The number of nitro benzene ring substituents is 1. The third-order valence-electron chi connectivity index (χ3n) is 7.78. The standard InChI is InChI=1S/C36H34BrN3O11S/c1-6-48-28-14-22(10-13-26(28)51-19-31(41)47-5)33-32(35(43)49-7-2)20(3)38-36-39(33)34(42)30(52-36)16-23-15-27(46-4)29(17-25(23)37)50-18-21-8-11-24(12-9-21)40(44)45/h8-17,33H,6-7,18-19H2,1-5H3/b30-16-/t33-/m1/s1. The smallest absolute Gasteiger partial charge is 0.343 e. The molecular weight excluding hydrogens is 762 g/mol. The van der Waals surface area contributed by atoms with Crippen LogP contribution in [0, 0.1) is 10.1 Å². The summed E-state index contributed by atoms with van der Waals surface area (Å²) in [5.41, 5.74) is 1.99. The van der Waals surface area contributed by atoms with Crippen molar-refractivity contribution in [2.24, 2.45) is 4.99 Å². The number of carbonyl (C=O) groups excluding carboxylic acids is 2. The highest BCUT2D eigenvalue weighted by molar-refractivity contribution is 9.10. The number of aromatic nitrogens is 1. The van der Waals surface area contributed by atoms with E-state index in [2.05, 4.69) is 25.7 Å². The van der Waals surface area contributed by atoms with Crippen molar-refractivity contribution in [3.8, 4) is 23.0 Å². The molecule has 2 heterocycles. The average Bonchev–Trinajstić information content (AvgIpc) is 3.43. The first kappa shape index (κ1) is 37.8. The average molecular weight is 797 g/mol. The minimum absolute atomic E-state index is 0.0208. The lowest BCUT2D eigenvalue weighted by Gasteiger charge is -2.25. The number of hydrogen-bond donors (Lipinski definition) is 0. The van der Waals surface area contributed by atoms with Gasteiger partial charge in [-0.05, 0) is 79.9 Å². The van der Waals surface area contributed by atoms with E-state index in [0.29, 0.717) is 47.9 Å². The lowest BCUT2D eigenvalue weighted by Crippen LogP contribution is -2.40. The Hall–Kier alpha value is -5.48. The Bertz CT molecular complexity index is 2230. The molecule has 0 aliphatic carbocycles. The van der Waals surface area contributed by atoms with E-state index in [-0.39, 0.29) is 43.4 Å². The molecule has 0 radical (unpaired) electrons. The molecule has 0 fully saturated rings. The Labute approximate surface area is 309 Å². The first-order valence-corrected chi connectivity index (χ1v) is 17.5. The number of rotatable bonds is 14. The van der Waals surface area contributed by atoms with Gasteiger partial charge in [-0.1, -0.05) is 33.3 Å². The molecule has 0 amide bonds. The molecule has 0 saturated heterocycles. The van der Waals surface area contributed by atoms with E-state index in [4.69, 9.17) is 23.7 Å². The lowest BCUT2D eigenvalue weighted by molar-refractivity contribution is -0.384. The molecule has 5 rings (SSSR count). The molecular formula is C36H34BrN3O11S. The molecule has 0 spiro atoms. The number of fused-ring (bicyclic) bond motifs is 1. The van der Waals surface area contributed by atoms with Crippen molar-refractivity contribution in [2.45, 2.75) is 33.4 Å². The van der Waals surface area contributed by atoms with Crippen LogP contribution in [0.2, 0.25) is 0 Å². The van der Waals surface area contributed by atoms with E-state index in [0.717, 1.165) is 16.9 Å². The Morgan fingerprint density at radius 2 is 1.71 bits per heavy atom. The van der Waals surface area contributed by atoms with E-state index in [9.17, 15) is 24.5 Å². The Morgan fingerprint density at radius 1 is 0.981 bits per heavy atom. The summed E-state index contributed by atoms with van der Waals surface area (Å²) in [6.45, 7) is 5.34. The van der Waals surface area contributed by atoms with Gasteiger partial charge in [0.1, 0.15) is 6.61 Å². The van der Waals surface area contributed by atoms with Crippen LogP contribution in [-0.2, 0) is 25.7 Å². The zero-order valence-electron chi connectivity index (χ0n) is 28.8. The molecule has 0 N–H and O–H groups in total. The number of nitro groups is 1. The fourth-order valence-electron chi connectivity index (χ4n) is 5.33. The minimum Gasteiger partial charge on any atom is -0.493 e. The molecule has 0 bridgehead atoms. The van der Waals surface area contributed by atoms with Gasteiger partial charge >= 0.3 is 11.9 Å². The van der Waals surface area contributed by atoms with E-state index < -0.39 is 28.5 Å². The van der Waals surface area contributed by atoms with Gasteiger partial charge in [0.05, 0.1) is 54.2 Å². The van der Waals surface area contributed by atoms with Crippen molar-refractivity contribution < 1.29 is 42.9 Å². The summed E-state index contributed by atoms with van der Waals surface area (Å²) in [5.74, 6) is 0.182. The molecule has 272 valence electrons. The second-order valence-electron chi connectivity index (χ2n) is 11.0. The normalized spacial score (nSPS) is 13.9. The number of hydrogen-bond acceptors (Lipinski definition) is 13. The van der Waals surface area contributed by atoms with E-state index in [1.807, 2.05) is 0 Å². The van der Waals surface area contributed by atoms with E-state index in [1.54, 1.807) is 69.3 Å². The number of halogens is 1. The molecule has 1 atom stereocenters. The van der Waals surface area contributed by atoms with Gasteiger partial charge in [0.15, 0.2) is 34.4 Å².